The van der Waals surface area contributed by atoms with Gasteiger partial charge in [-0.3, -0.25) is 9.59 Å². The fourth-order valence-corrected chi connectivity index (χ4v) is 5.42. The van der Waals surface area contributed by atoms with E-state index in [0.29, 0.717) is 24.5 Å². The molecule has 0 aromatic heterocycles. The Balaban J connectivity index is 1.63. The zero-order valence-electron chi connectivity index (χ0n) is 19.5. The van der Waals surface area contributed by atoms with Crippen molar-refractivity contribution < 1.29 is 19.4 Å². The van der Waals surface area contributed by atoms with E-state index in [1.54, 1.807) is 17.5 Å². The second-order valence-electron chi connectivity index (χ2n) is 9.37. The Labute approximate surface area is 186 Å². The summed E-state index contributed by atoms with van der Waals surface area (Å²) in [5.74, 6) is 1.08. The third-order valence-corrected chi connectivity index (χ3v) is 7.37. The molecule has 2 atom stereocenters. The molecule has 2 aliphatic heterocycles. The van der Waals surface area contributed by atoms with Crippen LogP contribution in [-0.4, -0.2) is 60.6 Å². The van der Waals surface area contributed by atoms with Crippen molar-refractivity contribution in [1.29, 1.82) is 0 Å². The van der Waals surface area contributed by atoms with Crippen molar-refractivity contribution in [3.05, 3.63) is 34.7 Å². The van der Waals surface area contributed by atoms with E-state index >= 15 is 0 Å². The molecular formula is C25H38N2O4. The fraction of sp³-hybridized carbons (Fsp3) is 0.680. The van der Waals surface area contributed by atoms with Crippen LogP contribution < -0.4 is 0 Å². The molecule has 1 N–H and O–H groups in total. The Morgan fingerprint density at radius 1 is 1.23 bits per heavy atom. The van der Waals surface area contributed by atoms with Crippen LogP contribution in [0.25, 0.3) is 0 Å². The number of rotatable bonds is 7. The minimum Gasteiger partial charge on any atom is -0.481 e. The van der Waals surface area contributed by atoms with Gasteiger partial charge in [0.15, 0.2) is 0 Å². The second kappa shape index (κ2) is 10.5. The minimum atomic E-state index is -0.827. The zero-order valence-corrected chi connectivity index (χ0v) is 19.5. The average molecular weight is 431 g/mol. The SMILES string of the molecule is C/C(=C\C=C1/C(C)C2=C(CC[C@@H](C3CCOCC3)C2)N1C)C(=O)N(C)CCCC(=O)O. The molecule has 172 valence electrons. The molecule has 0 bridgehead atoms. The Bertz CT molecular complexity index is 776. The average Bonchev–Trinajstić information content (AvgIpc) is 3.01. The maximum absolute atomic E-state index is 12.6. The number of nitrogens with zero attached hydrogens (tertiary/aromatic N) is 2. The molecule has 1 aliphatic carbocycles. The standard InChI is InChI=1S/C25H38N2O4/c1-17(25(30)26(3)13-5-6-24(28)29)7-9-22-18(2)21-16-20(8-10-23(21)27(22)4)19-11-14-31-15-12-19/h7,9,18-20H,5-6,8,10-16H2,1-4H3,(H,28,29)/b17-7+,22-9+/t18?,20-/m1/s1. The third kappa shape index (κ3) is 5.59. The van der Waals surface area contributed by atoms with Crippen molar-refractivity contribution in [3.8, 4) is 0 Å². The summed E-state index contributed by atoms with van der Waals surface area (Å²) in [5.41, 5.74) is 5.00. The number of hydrogen-bond donors (Lipinski definition) is 1. The topological polar surface area (TPSA) is 70.1 Å². The van der Waals surface area contributed by atoms with Gasteiger partial charge in [0.25, 0.3) is 0 Å². The molecule has 0 radical (unpaired) electrons. The summed E-state index contributed by atoms with van der Waals surface area (Å²) in [5, 5.41) is 8.77. The summed E-state index contributed by atoms with van der Waals surface area (Å²) in [6.45, 7) is 6.40. The summed E-state index contributed by atoms with van der Waals surface area (Å²) in [7, 11) is 3.89. The first-order chi connectivity index (χ1) is 14.8. The van der Waals surface area contributed by atoms with Crippen molar-refractivity contribution in [1.82, 2.24) is 9.80 Å². The van der Waals surface area contributed by atoms with Gasteiger partial charge < -0.3 is 19.6 Å². The molecule has 0 aromatic carbocycles. The highest BCUT2D eigenvalue weighted by atomic mass is 16.5. The van der Waals surface area contributed by atoms with E-state index in [0.717, 1.165) is 31.5 Å². The van der Waals surface area contributed by atoms with Crippen molar-refractivity contribution in [2.75, 3.05) is 33.9 Å². The zero-order chi connectivity index (χ0) is 22.5. The molecule has 0 saturated carbocycles. The molecule has 6 nitrogen and oxygen atoms in total. The van der Waals surface area contributed by atoms with E-state index in [1.807, 2.05) is 13.0 Å². The number of amides is 1. The maximum Gasteiger partial charge on any atom is 0.303 e. The highest BCUT2D eigenvalue weighted by molar-refractivity contribution is 5.93. The van der Waals surface area contributed by atoms with Gasteiger partial charge in [-0.15, -0.1) is 0 Å². The lowest BCUT2D eigenvalue weighted by Gasteiger charge is -2.34. The number of hydrogen-bond acceptors (Lipinski definition) is 4. The first kappa shape index (κ1) is 23.6. The van der Waals surface area contributed by atoms with E-state index in [1.165, 1.54) is 37.1 Å². The molecule has 0 spiro atoms. The molecule has 2 heterocycles. The van der Waals surface area contributed by atoms with E-state index in [-0.39, 0.29) is 12.3 Å². The first-order valence-corrected chi connectivity index (χ1v) is 11.7. The smallest absolute Gasteiger partial charge is 0.303 e. The van der Waals surface area contributed by atoms with Crippen molar-refractivity contribution in [2.45, 2.75) is 58.8 Å². The molecule has 6 heteroatoms. The number of carbonyl (C=O) groups excluding carboxylic acids is 1. The van der Waals surface area contributed by atoms with Crippen LogP contribution in [0.2, 0.25) is 0 Å². The van der Waals surface area contributed by atoms with Gasteiger partial charge in [0.1, 0.15) is 0 Å². The number of likely N-dealkylation sites (N-methyl/N-ethyl adjacent to an activating group) is 1. The third-order valence-electron chi connectivity index (χ3n) is 7.37. The maximum atomic E-state index is 12.6. The van der Waals surface area contributed by atoms with Crippen LogP contribution >= 0.6 is 0 Å². The van der Waals surface area contributed by atoms with Gasteiger partial charge in [-0.25, -0.2) is 0 Å². The van der Waals surface area contributed by atoms with Gasteiger partial charge in [-0.05, 0) is 68.9 Å². The summed E-state index contributed by atoms with van der Waals surface area (Å²) in [4.78, 5) is 27.2. The molecule has 1 fully saturated rings. The Hall–Kier alpha value is -2.08. The molecule has 1 saturated heterocycles. The van der Waals surface area contributed by atoms with Crippen LogP contribution in [0.3, 0.4) is 0 Å². The molecule has 0 aromatic rings. The number of aliphatic carboxylic acids is 1. The Morgan fingerprint density at radius 3 is 2.61 bits per heavy atom. The minimum absolute atomic E-state index is 0.0483. The molecular weight excluding hydrogens is 392 g/mol. The second-order valence-corrected chi connectivity index (χ2v) is 9.37. The summed E-state index contributed by atoms with van der Waals surface area (Å²) >= 11 is 0. The van der Waals surface area contributed by atoms with E-state index in [9.17, 15) is 9.59 Å². The predicted molar refractivity (Wildman–Crippen MR) is 121 cm³/mol. The van der Waals surface area contributed by atoms with E-state index < -0.39 is 5.97 Å². The van der Waals surface area contributed by atoms with Crippen LogP contribution in [0.1, 0.15) is 58.8 Å². The first-order valence-electron chi connectivity index (χ1n) is 11.7. The van der Waals surface area contributed by atoms with Crippen LogP contribution in [0.5, 0.6) is 0 Å². The molecule has 1 amide bonds. The highest BCUT2D eigenvalue weighted by Crippen LogP contribution is 2.47. The van der Waals surface area contributed by atoms with Gasteiger partial charge >= 0.3 is 5.97 Å². The van der Waals surface area contributed by atoms with Crippen LogP contribution in [0, 0.1) is 17.8 Å². The lowest BCUT2D eigenvalue weighted by atomic mass is 9.74. The van der Waals surface area contributed by atoms with E-state index in [4.69, 9.17) is 9.84 Å². The largest absolute Gasteiger partial charge is 0.481 e. The number of carboxylic acids is 1. The summed E-state index contributed by atoms with van der Waals surface area (Å²) in [6, 6.07) is 0. The molecule has 3 rings (SSSR count). The number of allylic oxidation sites excluding steroid dienone is 4. The van der Waals surface area contributed by atoms with Gasteiger partial charge in [0.05, 0.1) is 0 Å². The van der Waals surface area contributed by atoms with Crippen molar-refractivity contribution in [3.63, 3.8) is 0 Å². The summed E-state index contributed by atoms with van der Waals surface area (Å²) in [6.07, 6.45) is 10.6. The predicted octanol–water partition coefficient (Wildman–Crippen LogP) is 4.20. The quantitative estimate of drug-likeness (QED) is 0.613. The van der Waals surface area contributed by atoms with Gasteiger partial charge in [-0.2, -0.15) is 0 Å². The number of ether oxygens (including phenoxy) is 1. The monoisotopic (exact) mass is 430 g/mol. The summed E-state index contributed by atoms with van der Waals surface area (Å²) < 4.78 is 5.56. The highest BCUT2D eigenvalue weighted by Gasteiger charge is 2.37. The molecule has 3 aliphatic rings. The van der Waals surface area contributed by atoms with Crippen LogP contribution in [0.4, 0.5) is 0 Å². The fourth-order valence-electron chi connectivity index (χ4n) is 5.42. The molecule has 1 unspecified atom stereocenters. The Kier molecular flexibility index (Phi) is 7.98. The normalized spacial score (nSPS) is 26.4. The molecule has 31 heavy (non-hydrogen) atoms. The lowest BCUT2D eigenvalue weighted by Crippen LogP contribution is -2.28. The van der Waals surface area contributed by atoms with E-state index in [2.05, 4.69) is 24.9 Å². The van der Waals surface area contributed by atoms with Gasteiger partial charge in [0, 0.05) is 63.2 Å². The van der Waals surface area contributed by atoms with Gasteiger partial charge in [0.2, 0.25) is 5.91 Å². The van der Waals surface area contributed by atoms with Crippen molar-refractivity contribution in [2.24, 2.45) is 17.8 Å². The number of carbonyl (C=O) groups is 2. The van der Waals surface area contributed by atoms with Crippen LogP contribution in [-0.2, 0) is 14.3 Å². The van der Waals surface area contributed by atoms with Crippen molar-refractivity contribution >= 4 is 11.9 Å². The lowest BCUT2D eigenvalue weighted by molar-refractivity contribution is -0.137. The Morgan fingerprint density at radius 2 is 1.94 bits per heavy atom. The van der Waals surface area contributed by atoms with Crippen LogP contribution in [0.15, 0.2) is 34.7 Å². The number of carboxylic acid groups (broad SMARTS) is 1. The van der Waals surface area contributed by atoms with Gasteiger partial charge in [-0.1, -0.05) is 13.0 Å².